The molecule has 0 amide bonds. The largest absolute Gasteiger partial charge is 0.281 e. The molecule has 0 bridgehead atoms. The second-order valence-electron chi connectivity index (χ2n) is 4.54. The molecule has 0 spiro atoms. The average molecular weight is 283 g/mol. The van der Waals surface area contributed by atoms with E-state index in [1.54, 1.807) is 11.4 Å². The molecule has 1 saturated heterocycles. The van der Waals surface area contributed by atoms with Crippen molar-refractivity contribution in [1.82, 2.24) is 8.61 Å². The van der Waals surface area contributed by atoms with Crippen molar-refractivity contribution in [1.29, 1.82) is 0 Å². The summed E-state index contributed by atoms with van der Waals surface area (Å²) in [6.45, 7) is 1.82. The molecule has 0 aromatic rings. The molecule has 0 radical (unpaired) electrons. The van der Waals surface area contributed by atoms with Crippen LogP contribution in [0.25, 0.3) is 0 Å². The first kappa shape index (κ1) is 15.2. The Morgan fingerprint density at radius 1 is 1.12 bits per heavy atom. The Labute approximate surface area is 110 Å². The third-order valence-corrected chi connectivity index (χ3v) is 5.40. The average Bonchev–Trinajstić information content (AvgIpc) is 2.24. The minimum atomic E-state index is -3.27. The van der Waals surface area contributed by atoms with Gasteiger partial charge in [0.25, 0.3) is 10.2 Å². The molecule has 102 valence electrons. The van der Waals surface area contributed by atoms with Gasteiger partial charge in [-0.05, 0) is 19.3 Å². The number of halogens is 1. The molecule has 0 atom stereocenters. The summed E-state index contributed by atoms with van der Waals surface area (Å²) in [5.74, 6) is 0.500. The molecule has 1 fully saturated rings. The molecule has 6 heteroatoms. The van der Waals surface area contributed by atoms with Gasteiger partial charge in [-0.1, -0.05) is 19.3 Å². The van der Waals surface area contributed by atoms with Gasteiger partial charge in [0.05, 0.1) is 0 Å². The van der Waals surface area contributed by atoms with Gasteiger partial charge in [-0.3, -0.25) is 0 Å². The summed E-state index contributed by atoms with van der Waals surface area (Å²) < 4.78 is 27.6. The normalized spacial score (nSPS) is 20.2. The van der Waals surface area contributed by atoms with E-state index in [9.17, 15) is 8.42 Å². The Balaban J connectivity index is 2.59. The van der Waals surface area contributed by atoms with Crippen molar-refractivity contribution in [3.05, 3.63) is 0 Å². The van der Waals surface area contributed by atoms with Crippen LogP contribution in [0.15, 0.2) is 0 Å². The van der Waals surface area contributed by atoms with Crippen molar-refractivity contribution in [2.45, 2.75) is 38.5 Å². The second-order valence-corrected chi connectivity index (χ2v) is 6.95. The van der Waals surface area contributed by atoms with E-state index in [0.717, 1.165) is 25.7 Å². The lowest BCUT2D eigenvalue weighted by Gasteiger charge is -2.28. The molecule has 0 N–H and O–H groups in total. The van der Waals surface area contributed by atoms with Crippen LogP contribution in [0, 0.1) is 0 Å². The second kappa shape index (κ2) is 7.56. The Morgan fingerprint density at radius 3 is 2.18 bits per heavy atom. The van der Waals surface area contributed by atoms with E-state index in [2.05, 4.69) is 0 Å². The van der Waals surface area contributed by atoms with Crippen LogP contribution in [0.2, 0.25) is 0 Å². The van der Waals surface area contributed by atoms with Gasteiger partial charge in [0.2, 0.25) is 0 Å². The highest BCUT2D eigenvalue weighted by atomic mass is 35.5. The number of rotatable bonds is 5. The van der Waals surface area contributed by atoms with Crippen molar-refractivity contribution in [3.8, 4) is 0 Å². The van der Waals surface area contributed by atoms with Crippen LogP contribution in [0.4, 0.5) is 0 Å². The van der Waals surface area contributed by atoms with Crippen molar-refractivity contribution >= 4 is 21.8 Å². The Kier molecular flexibility index (Phi) is 6.77. The third kappa shape index (κ3) is 4.73. The van der Waals surface area contributed by atoms with Crippen LogP contribution in [-0.2, 0) is 10.2 Å². The smallest absolute Gasteiger partial charge is 0.195 e. The van der Waals surface area contributed by atoms with Gasteiger partial charge in [-0.25, -0.2) is 0 Å². The summed E-state index contributed by atoms with van der Waals surface area (Å²) in [5.41, 5.74) is 0. The van der Waals surface area contributed by atoms with Crippen LogP contribution in [0.1, 0.15) is 38.5 Å². The summed E-state index contributed by atoms with van der Waals surface area (Å²) in [5, 5.41) is 0. The molecule has 4 nitrogen and oxygen atoms in total. The van der Waals surface area contributed by atoms with Crippen LogP contribution >= 0.6 is 11.6 Å². The van der Waals surface area contributed by atoms with E-state index in [4.69, 9.17) is 11.6 Å². The van der Waals surface area contributed by atoms with Crippen LogP contribution < -0.4 is 0 Å². The van der Waals surface area contributed by atoms with Crippen molar-refractivity contribution < 1.29 is 8.42 Å². The summed E-state index contributed by atoms with van der Waals surface area (Å²) in [7, 11) is -1.63. The van der Waals surface area contributed by atoms with Crippen molar-refractivity contribution in [2.24, 2.45) is 0 Å². The molecule has 0 aliphatic carbocycles. The number of nitrogens with zero attached hydrogens (tertiary/aromatic N) is 2. The van der Waals surface area contributed by atoms with E-state index in [-0.39, 0.29) is 0 Å². The van der Waals surface area contributed by atoms with E-state index in [1.807, 2.05) is 0 Å². The molecule has 17 heavy (non-hydrogen) atoms. The van der Waals surface area contributed by atoms with E-state index >= 15 is 0 Å². The maximum atomic E-state index is 12.3. The summed E-state index contributed by atoms with van der Waals surface area (Å²) in [6, 6.07) is 0. The van der Waals surface area contributed by atoms with Gasteiger partial charge in [0, 0.05) is 32.6 Å². The third-order valence-electron chi connectivity index (χ3n) is 3.14. The Bertz CT molecular complexity index is 301. The molecule has 0 aromatic heterocycles. The van der Waals surface area contributed by atoms with Gasteiger partial charge >= 0.3 is 0 Å². The summed E-state index contributed by atoms with van der Waals surface area (Å²) >= 11 is 5.59. The predicted molar refractivity (Wildman–Crippen MR) is 71.5 cm³/mol. The van der Waals surface area contributed by atoms with E-state index < -0.39 is 10.2 Å². The molecule has 0 unspecified atom stereocenters. The van der Waals surface area contributed by atoms with Gasteiger partial charge in [-0.15, -0.1) is 11.6 Å². The molecular formula is C11H23ClN2O2S. The number of alkyl halides is 1. The predicted octanol–water partition coefficient (Wildman–Crippen LogP) is 2.06. The van der Waals surface area contributed by atoms with Gasteiger partial charge in [0.15, 0.2) is 0 Å². The zero-order chi connectivity index (χ0) is 12.7. The zero-order valence-corrected chi connectivity index (χ0v) is 12.1. The first-order valence-electron chi connectivity index (χ1n) is 6.36. The van der Waals surface area contributed by atoms with Crippen molar-refractivity contribution in [3.63, 3.8) is 0 Å². The number of hydrogen-bond donors (Lipinski definition) is 0. The maximum absolute atomic E-state index is 12.3. The SMILES string of the molecule is CN(CCCCl)S(=O)(=O)N1CCCCCCC1. The topological polar surface area (TPSA) is 40.6 Å². The highest BCUT2D eigenvalue weighted by Gasteiger charge is 2.26. The maximum Gasteiger partial charge on any atom is 0.281 e. The molecule has 1 aliphatic rings. The highest BCUT2D eigenvalue weighted by Crippen LogP contribution is 2.15. The van der Waals surface area contributed by atoms with Crippen LogP contribution in [0.5, 0.6) is 0 Å². The molecule has 0 aromatic carbocycles. The fourth-order valence-corrected chi connectivity index (χ4v) is 3.64. The Hall–Kier alpha value is 0.160. The fraction of sp³-hybridized carbons (Fsp3) is 1.00. The molecule has 1 aliphatic heterocycles. The lowest BCUT2D eigenvalue weighted by Crippen LogP contribution is -2.43. The van der Waals surface area contributed by atoms with Gasteiger partial charge < -0.3 is 0 Å². The van der Waals surface area contributed by atoms with E-state index in [0.29, 0.717) is 31.9 Å². The van der Waals surface area contributed by atoms with Crippen LogP contribution in [-0.4, -0.2) is 49.6 Å². The lowest BCUT2D eigenvalue weighted by molar-refractivity contribution is 0.330. The van der Waals surface area contributed by atoms with Gasteiger partial charge in [0.1, 0.15) is 0 Å². The standard InChI is InChI=1S/C11H23ClN2O2S/c1-13(9-7-8-12)17(15,16)14-10-5-3-2-4-6-11-14/h2-11H2,1H3. The summed E-state index contributed by atoms with van der Waals surface area (Å²) in [6.07, 6.45) is 6.15. The molecule has 1 rings (SSSR count). The molecule has 1 heterocycles. The fourth-order valence-electron chi connectivity index (χ4n) is 2.04. The Morgan fingerprint density at radius 2 is 1.65 bits per heavy atom. The highest BCUT2D eigenvalue weighted by molar-refractivity contribution is 7.86. The molecular weight excluding hydrogens is 260 g/mol. The minimum Gasteiger partial charge on any atom is -0.195 e. The quantitative estimate of drug-likeness (QED) is 0.724. The van der Waals surface area contributed by atoms with Crippen molar-refractivity contribution in [2.75, 3.05) is 32.6 Å². The van der Waals surface area contributed by atoms with Gasteiger partial charge in [-0.2, -0.15) is 17.0 Å². The lowest BCUT2D eigenvalue weighted by atomic mass is 10.1. The van der Waals surface area contributed by atoms with E-state index in [1.165, 1.54) is 10.7 Å². The summed E-state index contributed by atoms with van der Waals surface area (Å²) in [4.78, 5) is 0. The van der Waals surface area contributed by atoms with Crippen LogP contribution in [0.3, 0.4) is 0 Å². The first-order valence-corrected chi connectivity index (χ1v) is 8.29. The minimum absolute atomic E-state index is 0.500. The monoisotopic (exact) mass is 282 g/mol. The number of hydrogen-bond acceptors (Lipinski definition) is 2. The zero-order valence-electron chi connectivity index (χ0n) is 10.6. The first-order chi connectivity index (χ1) is 8.09. The molecule has 0 saturated carbocycles.